The van der Waals surface area contributed by atoms with E-state index in [2.05, 4.69) is 33.7 Å². The lowest BCUT2D eigenvalue weighted by Gasteiger charge is -2.20. The Morgan fingerprint density at radius 3 is 2.86 bits per heavy atom. The molecule has 6 nitrogen and oxygen atoms in total. The molecule has 1 N–H and O–H groups in total. The highest BCUT2D eigenvalue weighted by Gasteiger charge is 2.17. The summed E-state index contributed by atoms with van der Waals surface area (Å²) < 4.78 is 7.21. The second-order valence-corrected chi connectivity index (χ2v) is 8.10. The number of rotatable bonds is 6. The Hall–Kier alpha value is -2.54. The van der Waals surface area contributed by atoms with Gasteiger partial charge in [0.1, 0.15) is 0 Å². The number of amides is 1. The minimum absolute atomic E-state index is 0.0153. The molecule has 2 aromatic heterocycles. The first-order chi connectivity index (χ1) is 13.6. The van der Waals surface area contributed by atoms with E-state index in [4.69, 9.17) is 4.42 Å². The zero-order valence-corrected chi connectivity index (χ0v) is 17.0. The van der Waals surface area contributed by atoms with Gasteiger partial charge >= 0.3 is 0 Å². The fourth-order valence-corrected chi connectivity index (χ4v) is 4.30. The first kappa shape index (κ1) is 18.8. The third-order valence-corrected chi connectivity index (χ3v) is 6.18. The van der Waals surface area contributed by atoms with E-state index >= 15 is 0 Å². The topological polar surface area (TPSA) is 73.0 Å². The molecule has 4 rings (SSSR count). The van der Waals surface area contributed by atoms with Crippen LogP contribution in [-0.4, -0.2) is 26.4 Å². The molecule has 0 radical (unpaired) electrons. The number of aryl methyl sites for hydroxylation is 2. The average Bonchev–Trinajstić information content (AvgIpc) is 3.35. The Labute approximate surface area is 168 Å². The second-order valence-electron chi connectivity index (χ2n) is 7.16. The quantitative estimate of drug-likeness (QED) is 0.639. The maximum absolute atomic E-state index is 12.4. The molecule has 0 fully saturated rings. The van der Waals surface area contributed by atoms with E-state index in [1.54, 1.807) is 6.26 Å². The molecule has 146 valence electrons. The number of fused-ring (bicyclic) bond motifs is 1. The summed E-state index contributed by atoms with van der Waals surface area (Å²) in [6, 6.07) is 10.2. The number of carbonyl (C=O) groups is 1. The number of hydrogen-bond acceptors (Lipinski definition) is 5. The monoisotopic (exact) mass is 396 g/mol. The van der Waals surface area contributed by atoms with E-state index in [0.717, 1.165) is 12.0 Å². The smallest absolute Gasteiger partial charge is 0.230 e. The molecule has 2 heterocycles. The van der Waals surface area contributed by atoms with Crippen LogP contribution in [0.15, 0.2) is 46.2 Å². The predicted octanol–water partition coefficient (Wildman–Crippen LogP) is 3.92. The molecule has 0 unspecified atom stereocenters. The molecule has 1 amide bonds. The van der Waals surface area contributed by atoms with Crippen LogP contribution < -0.4 is 5.32 Å². The zero-order valence-electron chi connectivity index (χ0n) is 16.1. The van der Waals surface area contributed by atoms with Crippen molar-refractivity contribution in [2.45, 2.75) is 43.8 Å². The number of aromatic nitrogens is 3. The molecule has 0 saturated heterocycles. The number of carbonyl (C=O) groups excluding carboxylic acids is 1. The fourth-order valence-electron chi connectivity index (χ4n) is 3.58. The summed E-state index contributed by atoms with van der Waals surface area (Å²) in [7, 11) is 1.87. The standard InChI is InChI=1S/C21H24N4O2S/c1-14(16-10-9-15-6-3-4-7-17(15)12-16)22-19(26)13-28-21-24-23-20(25(21)2)18-8-5-11-27-18/h5,8-12,14H,3-4,6-7,13H2,1-2H3,(H,22,26)/t14-/m1/s1. The Morgan fingerprint density at radius 2 is 2.07 bits per heavy atom. The van der Waals surface area contributed by atoms with Crippen LogP contribution in [0.25, 0.3) is 11.6 Å². The van der Waals surface area contributed by atoms with Crippen molar-refractivity contribution in [1.29, 1.82) is 0 Å². The van der Waals surface area contributed by atoms with Crippen molar-refractivity contribution in [2.75, 3.05) is 5.75 Å². The fraction of sp³-hybridized carbons (Fsp3) is 0.381. The Morgan fingerprint density at radius 1 is 1.25 bits per heavy atom. The van der Waals surface area contributed by atoms with E-state index in [0.29, 0.717) is 22.5 Å². The van der Waals surface area contributed by atoms with Gasteiger partial charge in [0.2, 0.25) is 5.91 Å². The molecular weight excluding hydrogens is 372 g/mol. The molecule has 0 bridgehead atoms. The van der Waals surface area contributed by atoms with Crippen LogP contribution in [0.1, 0.15) is 42.5 Å². The summed E-state index contributed by atoms with van der Waals surface area (Å²) in [5.41, 5.74) is 4.06. The minimum atomic E-state index is -0.0160. The summed E-state index contributed by atoms with van der Waals surface area (Å²) in [5, 5.41) is 12.1. The van der Waals surface area contributed by atoms with Crippen LogP contribution >= 0.6 is 11.8 Å². The van der Waals surface area contributed by atoms with Gasteiger partial charge in [0.25, 0.3) is 0 Å². The van der Waals surface area contributed by atoms with Crippen molar-refractivity contribution in [3.05, 3.63) is 53.3 Å². The van der Waals surface area contributed by atoms with Gasteiger partial charge in [-0.3, -0.25) is 4.79 Å². The minimum Gasteiger partial charge on any atom is -0.461 e. The maximum Gasteiger partial charge on any atom is 0.230 e. The van der Waals surface area contributed by atoms with Crippen LogP contribution in [0.3, 0.4) is 0 Å². The molecule has 0 saturated carbocycles. The van der Waals surface area contributed by atoms with Gasteiger partial charge < -0.3 is 14.3 Å². The number of hydrogen-bond donors (Lipinski definition) is 1. The molecule has 1 aliphatic carbocycles. The van der Waals surface area contributed by atoms with E-state index < -0.39 is 0 Å². The van der Waals surface area contributed by atoms with E-state index in [9.17, 15) is 4.79 Å². The molecule has 3 aromatic rings. The zero-order chi connectivity index (χ0) is 19.5. The Bertz CT molecular complexity index is 965. The molecule has 0 spiro atoms. The van der Waals surface area contributed by atoms with Gasteiger partial charge in [-0.15, -0.1) is 10.2 Å². The molecule has 1 aliphatic rings. The van der Waals surface area contributed by atoms with Crippen LogP contribution in [-0.2, 0) is 24.7 Å². The Kier molecular flexibility index (Phi) is 5.52. The summed E-state index contributed by atoms with van der Waals surface area (Å²) in [6.45, 7) is 2.03. The van der Waals surface area contributed by atoms with Crippen molar-refractivity contribution >= 4 is 17.7 Å². The van der Waals surface area contributed by atoms with E-state index in [1.807, 2.05) is 30.7 Å². The Balaban J connectivity index is 1.35. The van der Waals surface area contributed by atoms with Gasteiger partial charge in [-0.25, -0.2) is 0 Å². The van der Waals surface area contributed by atoms with Crippen LogP contribution in [0, 0.1) is 0 Å². The number of benzene rings is 1. The van der Waals surface area contributed by atoms with Gasteiger partial charge in [-0.05, 0) is 61.4 Å². The van der Waals surface area contributed by atoms with E-state index in [-0.39, 0.29) is 11.9 Å². The summed E-state index contributed by atoms with van der Waals surface area (Å²) >= 11 is 1.37. The lowest BCUT2D eigenvalue weighted by Crippen LogP contribution is -2.28. The predicted molar refractivity (Wildman–Crippen MR) is 109 cm³/mol. The van der Waals surface area contributed by atoms with Crippen molar-refractivity contribution in [2.24, 2.45) is 7.05 Å². The highest BCUT2D eigenvalue weighted by Crippen LogP contribution is 2.25. The van der Waals surface area contributed by atoms with Gasteiger partial charge in [0.15, 0.2) is 16.7 Å². The molecule has 1 aromatic carbocycles. The van der Waals surface area contributed by atoms with Gasteiger partial charge in [0, 0.05) is 7.05 Å². The van der Waals surface area contributed by atoms with Crippen LogP contribution in [0.2, 0.25) is 0 Å². The normalized spacial score (nSPS) is 14.5. The summed E-state index contributed by atoms with van der Waals surface area (Å²) in [4.78, 5) is 12.4. The third kappa shape index (κ3) is 3.99. The second kappa shape index (κ2) is 8.22. The van der Waals surface area contributed by atoms with Crippen molar-refractivity contribution < 1.29 is 9.21 Å². The number of thioether (sulfide) groups is 1. The lowest BCUT2D eigenvalue weighted by atomic mass is 9.89. The molecular formula is C21H24N4O2S. The first-order valence-electron chi connectivity index (χ1n) is 9.59. The van der Waals surface area contributed by atoms with Gasteiger partial charge in [0.05, 0.1) is 18.1 Å². The number of nitrogens with zero attached hydrogens (tertiary/aromatic N) is 3. The lowest BCUT2D eigenvalue weighted by molar-refractivity contribution is -0.119. The van der Waals surface area contributed by atoms with Crippen LogP contribution in [0.5, 0.6) is 0 Å². The molecule has 7 heteroatoms. The maximum atomic E-state index is 12.4. The number of nitrogens with one attached hydrogen (secondary N) is 1. The first-order valence-corrected chi connectivity index (χ1v) is 10.6. The van der Waals surface area contributed by atoms with Crippen molar-refractivity contribution in [1.82, 2.24) is 20.1 Å². The van der Waals surface area contributed by atoms with Crippen molar-refractivity contribution in [3.63, 3.8) is 0 Å². The van der Waals surface area contributed by atoms with Gasteiger partial charge in [-0.2, -0.15) is 0 Å². The third-order valence-electron chi connectivity index (χ3n) is 5.16. The molecule has 28 heavy (non-hydrogen) atoms. The summed E-state index contributed by atoms with van der Waals surface area (Å²) in [5.74, 6) is 1.58. The number of furan rings is 1. The highest BCUT2D eigenvalue weighted by atomic mass is 32.2. The summed E-state index contributed by atoms with van der Waals surface area (Å²) in [6.07, 6.45) is 6.45. The van der Waals surface area contributed by atoms with Crippen LogP contribution in [0.4, 0.5) is 0 Å². The average molecular weight is 397 g/mol. The highest BCUT2D eigenvalue weighted by molar-refractivity contribution is 7.99. The van der Waals surface area contributed by atoms with Crippen molar-refractivity contribution in [3.8, 4) is 11.6 Å². The van der Waals surface area contributed by atoms with E-state index in [1.165, 1.54) is 42.2 Å². The SMILES string of the molecule is C[C@@H](NC(=O)CSc1nnc(-c2ccco2)n1C)c1ccc2c(c1)CCCC2. The molecule has 0 aliphatic heterocycles. The van der Waals surface area contributed by atoms with Gasteiger partial charge in [-0.1, -0.05) is 30.0 Å². The largest absolute Gasteiger partial charge is 0.461 e. The molecule has 1 atom stereocenters.